The molecule has 0 saturated carbocycles. The molecule has 1 saturated heterocycles. The lowest BCUT2D eigenvalue weighted by Crippen LogP contribution is -2.39. The Labute approximate surface area is 155 Å². The van der Waals surface area contributed by atoms with Gasteiger partial charge in [0.2, 0.25) is 0 Å². The number of carbonyl (C=O) groups excluding carboxylic acids is 2. The number of hydrogen-bond acceptors (Lipinski definition) is 5. The van der Waals surface area contributed by atoms with Crippen LogP contribution in [0.25, 0.3) is 0 Å². The number of hydrogen-bond donors (Lipinski definition) is 1. The Morgan fingerprint density at radius 2 is 1.63 bits per heavy atom. The summed E-state index contributed by atoms with van der Waals surface area (Å²) in [4.78, 5) is 27.2. The molecule has 142 valence electrons. The molecule has 5 nitrogen and oxygen atoms in total. The second kappa shape index (κ2) is 8.83. The highest BCUT2D eigenvalue weighted by Gasteiger charge is 2.20. The van der Waals surface area contributed by atoms with Crippen LogP contribution in [0.1, 0.15) is 20.7 Å². The van der Waals surface area contributed by atoms with E-state index in [9.17, 15) is 18.4 Å². The van der Waals surface area contributed by atoms with Crippen molar-refractivity contribution in [1.82, 2.24) is 4.90 Å². The minimum Gasteiger partial charge on any atom is -0.379 e. The highest BCUT2D eigenvalue weighted by atomic mass is 19.2. The van der Waals surface area contributed by atoms with E-state index >= 15 is 0 Å². The Kier molecular flexibility index (Phi) is 6.26. The van der Waals surface area contributed by atoms with Gasteiger partial charge in [-0.25, -0.2) is 8.78 Å². The summed E-state index contributed by atoms with van der Waals surface area (Å²) in [5.41, 5.74) is 0.964. The SMILES string of the molecule is O=C(CNc1ccc(F)c(F)c1)c1ccccc1C(=O)CN1CCOCC1. The summed E-state index contributed by atoms with van der Waals surface area (Å²) in [6.07, 6.45) is 0. The largest absolute Gasteiger partial charge is 0.379 e. The molecule has 0 bridgehead atoms. The van der Waals surface area contributed by atoms with E-state index in [0.29, 0.717) is 43.1 Å². The standard InChI is InChI=1S/C20H20F2N2O3/c21-17-6-5-14(11-18(17)22)23-12-19(25)15-3-1-2-4-16(15)20(26)13-24-7-9-27-10-8-24/h1-6,11,23H,7-10,12-13H2. The van der Waals surface area contributed by atoms with E-state index in [0.717, 1.165) is 12.1 Å². The predicted molar refractivity (Wildman–Crippen MR) is 97.2 cm³/mol. The molecule has 0 aliphatic carbocycles. The van der Waals surface area contributed by atoms with Crippen LogP contribution >= 0.6 is 0 Å². The molecule has 0 aromatic heterocycles. The molecule has 27 heavy (non-hydrogen) atoms. The van der Waals surface area contributed by atoms with Gasteiger partial charge in [0.25, 0.3) is 0 Å². The molecule has 2 aromatic carbocycles. The lowest BCUT2D eigenvalue weighted by atomic mass is 9.99. The third-order valence-corrected chi connectivity index (χ3v) is 4.37. The Bertz CT molecular complexity index is 836. The lowest BCUT2D eigenvalue weighted by molar-refractivity contribution is 0.0370. The van der Waals surface area contributed by atoms with Gasteiger partial charge in [-0.1, -0.05) is 24.3 Å². The monoisotopic (exact) mass is 374 g/mol. The van der Waals surface area contributed by atoms with Crippen LogP contribution in [-0.2, 0) is 4.74 Å². The van der Waals surface area contributed by atoms with E-state index in [4.69, 9.17) is 4.74 Å². The van der Waals surface area contributed by atoms with Crippen molar-refractivity contribution in [3.8, 4) is 0 Å². The number of ether oxygens (including phenoxy) is 1. The van der Waals surface area contributed by atoms with Crippen LogP contribution in [0.5, 0.6) is 0 Å². The van der Waals surface area contributed by atoms with Crippen molar-refractivity contribution < 1.29 is 23.1 Å². The summed E-state index contributed by atoms with van der Waals surface area (Å²) in [5, 5.41) is 2.76. The molecule has 0 atom stereocenters. The molecule has 3 rings (SSSR count). The number of nitrogens with zero attached hydrogens (tertiary/aromatic N) is 1. The summed E-state index contributed by atoms with van der Waals surface area (Å²) in [6.45, 7) is 2.63. The molecule has 0 amide bonds. The van der Waals surface area contributed by atoms with Crippen LogP contribution < -0.4 is 5.32 Å². The number of Topliss-reactive ketones (excluding diaryl/α,β-unsaturated/α-hetero) is 2. The fraction of sp³-hybridized carbons (Fsp3) is 0.300. The molecular formula is C20H20F2N2O3. The number of benzene rings is 2. The van der Waals surface area contributed by atoms with Crippen LogP contribution in [0.4, 0.5) is 14.5 Å². The third kappa shape index (κ3) is 4.96. The summed E-state index contributed by atoms with van der Waals surface area (Å²) >= 11 is 0. The molecule has 1 heterocycles. The maximum absolute atomic E-state index is 13.3. The number of carbonyl (C=O) groups is 2. The first kappa shape index (κ1) is 19.1. The van der Waals surface area contributed by atoms with Crippen LogP contribution in [0.15, 0.2) is 42.5 Å². The van der Waals surface area contributed by atoms with E-state index in [-0.39, 0.29) is 24.7 Å². The van der Waals surface area contributed by atoms with Gasteiger partial charge < -0.3 is 10.1 Å². The maximum atomic E-state index is 13.3. The highest BCUT2D eigenvalue weighted by Crippen LogP contribution is 2.15. The van der Waals surface area contributed by atoms with Crippen LogP contribution in [0, 0.1) is 11.6 Å². The minimum atomic E-state index is -0.992. The number of anilines is 1. The smallest absolute Gasteiger partial charge is 0.182 e. The molecule has 1 aliphatic heterocycles. The van der Waals surface area contributed by atoms with Gasteiger partial charge in [-0.3, -0.25) is 14.5 Å². The average Bonchev–Trinajstić information content (AvgIpc) is 2.69. The molecule has 1 aliphatic rings. The summed E-state index contributed by atoms with van der Waals surface area (Å²) < 4.78 is 31.5. The third-order valence-electron chi connectivity index (χ3n) is 4.37. The van der Waals surface area contributed by atoms with Gasteiger partial charge in [0.05, 0.1) is 26.3 Å². The number of rotatable bonds is 7. The predicted octanol–water partition coefficient (Wildman–Crippen LogP) is 2.77. The van der Waals surface area contributed by atoms with Gasteiger partial charge in [0.1, 0.15) is 0 Å². The number of nitrogens with one attached hydrogen (secondary N) is 1. The Balaban J connectivity index is 1.67. The summed E-state index contributed by atoms with van der Waals surface area (Å²) in [5.74, 6) is -2.38. The topological polar surface area (TPSA) is 58.6 Å². The molecular weight excluding hydrogens is 354 g/mol. The van der Waals surface area contributed by atoms with E-state index in [2.05, 4.69) is 5.32 Å². The van der Waals surface area contributed by atoms with Crippen molar-refractivity contribution in [1.29, 1.82) is 0 Å². The second-order valence-corrected chi connectivity index (χ2v) is 6.26. The molecule has 1 N–H and O–H groups in total. The molecule has 7 heteroatoms. The summed E-state index contributed by atoms with van der Waals surface area (Å²) in [6, 6.07) is 9.96. The van der Waals surface area contributed by atoms with E-state index in [1.165, 1.54) is 6.07 Å². The fourth-order valence-corrected chi connectivity index (χ4v) is 2.90. The zero-order valence-corrected chi connectivity index (χ0v) is 14.7. The zero-order valence-electron chi connectivity index (χ0n) is 14.7. The van der Waals surface area contributed by atoms with Crippen LogP contribution in [-0.4, -0.2) is 55.9 Å². The van der Waals surface area contributed by atoms with E-state index in [1.54, 1.807) is 24.3 Å². The molecule has 0 unspecified atom stereocenters. The molecule has 0 radical (unpaired) electrons. The first-order valence-electron chi connectivity index (χ1n) is 8.69. The van der Waals surface area contributed by atoms with E-state index in [1.807, 2.05) is 4.90 Å². The molecule has 2 aromatic rings. The summed E-state index contributed by atoms with van der Waals surface area (Å²) in [7, 11) is 0. The number of ketones is 2. The first-order valence-corrected chi connectivity index (χ1v) is 8.69. The fourth-order valence-electron chi connectivity index (χ4n) is 2.90. The second-order valence-electron chi connectivity index (χ2n) is 6.26. The Morgan fingerprint density at radius 3 is 2.30 bits per heavy atom. The van der Waals surface area contributed by atoms with E-state index < -0.39 is 11.6 Å². The van der Waals surface area contributed by atoms with Crippen molar-refractivity contribution in [3.63, 3.8) is 0 Å². The van der Waals surface area contributed by atoms with Crippen molar-refractivity contribution in [2.24, 2.45) is 0 Å². The average molecular weight is 374 g/mol. The van der Waals surface area contributed by atoms with Gasteiger partial charge in [-0.15, -0.1) is 0 Å². The molecule has 0 spiro atoms. The quantitative estimate of drug-likeness (QED) is 0.756. The van der Waals surface area contributed by atoms with Crippen LogP contribution in [0.2, 0.25) is 0 Å². The Morgan fingerprint density at radius 1 is 0.963 bits per heavy atom. The van der Waals surface area contributed by atoms with Crippen molar-refractivity contribution in [2.75, 3.05) is 44.7 Å². The lowest BCUT2D eigenvalue weighted by Gasteiger charge is -2.26. The van der Waals surface area contributed by atoms with Crippen molar-refractivity contribution in [2.45, 2.75) is 0 Å². The van der Waals surface area contributed by atoms with Gasteiger partial charge in [-0.05, 0) is 12.1 Å². The van der Waals surface area contributed by atoms with Crippen LogP contribution in [0.3, 0.4) is 0 Å². The normalized spacial score (nSPS) is 14.7. The number of morpholine rings is 1. The van der Waals surface area contributed by atoms with Gasteiger partial charge >= 0.3 is 0 Å². The zero-order chi connectivity index (χ0) is 19.2. The van der Waals surface area contributed by atoms with Gasteiger partial charge in [0, 0.05) is 36.0 Å². The first-order chi connectivity index (χ1) is 13.0. The minimum absolute atomic E-state index is 0.131. The maximum Gasteiger partial charge on any atom is 0.182 e. The van der Waals surface area contributed by atoms with Gasteiger partial charge in [0.15, 0.2) is 23.2 Å². The van der Waals surface area contributed by atoms with Crippen molar-refractivity contribution >= 4 is 17.3 Å². The Hall–Kier alpha value is -2.64. The van der Waals surface area contributed by atoms with Crippen molar-refractivity contribution in [3.05, 3.63) is 65.2 Å². The highest BCUT2D eigenvalue weighted by molar-refractivity contribution is 6.10. The van der Waals surface area contributed by atoms with Gasteiger partial charge in [-0.2, -0.15) is 0 Å². The molecule has 1 fully saturated rings. The number of halogens is 2.